The van der Waals surface area contributed by atoms with Crippen LogP contribution in [-0.2, 0) is 4.74 Å². The highest BCUT2D eigenvalue weighted by Crippen LogP contribution is 2.20. The molecule has 3 N–H and O–H groups in total. The third kappa shape index (κ3) is 7.90. The molecule has 0 aromatic carbocycles. The molecular weight excluding hydrogens is 223 g/mol. The van der Waals surface area contributed by atoms with E-state index in [1.807, 2.05) is 13.8 Å². The van der Waals surface area contributed by atoms with Gasteiger partial charge in [0.15, 0.2) is 0 Å². The van der Waals surface area contributed by atoms with Crippen LogP contribution in [0.5, 0.6) is 0 Å². The maximum absolute atomic E-state index is 11.8. The molecule has 0 saturated carbocycles. The van der Waals surface area contributed by atoms with E-state index in [0.717, 1.165) is 0 Å². The highest BCUT2D eigenvalue weighted by molar-refractivity contribution is 4.74. The van der Waals surface area contributed by atoms with Crippen molar-refractivity contribution in [2.75, 3.05) is 13.2 Å². The number of ether oxygens (including phenoxy) is 1. The Morgan fingerprint density at radius 3 is 2.25 bits per heavy atom. The number of hydrogen-bond acceptors (Lipinski definition) is 3. The molecule has 0 aliphatic heterocycles. The standard InChI is InChI=1S/C10H20F3NO2/c1-7(2)5-8(14)9(6-15)16-4-3-10(11,12)13/h7-9,15H,3-6,14H2,1-2H3. The van der Waals surface area contributed by atoms with E-state index in [2.05, 4.69) is 0 Å². The van der Waals surface area contributed by atoms with E-state index < -0.39 is 31.3 Å². The van der Waals surface area contributed by atoms with Gasteiger partial charge in [0.25, 0.3) is 0 Å². The minimum atomic E-state index is -4.23. The van der Waals surface area contributed by atoms with Crippen molar-refractivity contribution in [1.82, 2.24) is 0 Å². The van der Waals surface area contributed by atoms with Crippen molar-refractivity contribution in [2.24, 2.45) is 11.7 Å². The highest BCUT2D eigenvalue weighted by atomic mass is 19.4. The molecule has 0 aromatic rings. The summed E-state index contributed by atoms with van der Waals surface area (Å²) < 4.78 is 40.5. The second kappa shape index (κ2) is 7.09. The summed E-state index contributed by atoms with van der Waals surface area (Å²) in [6.45, 7) is 3.08. The Labute approximate surface area is 93.8 Å². The van der Waals surface area contributed by atoms with E-state index in [-0.39, 0.29) is 6.61 Å². The van der Waals surface area contributed by atoms with Crippen molar-refractivity contribution in [3.8, 4) is 0 Å². The van der Waals surface area contributed by atoms with Crippen molar-refractivity contribution < 1.29 is 23.0 Å². The molecule has 0 amide bonds. The van der Waals surface area contributed by atoms with Crippen molar-refractivity contribution in [3.05, 3.63) is 0 Å². The summed E-state index contributed by atoms with van der Waals surface area (Å²) >= 11 is 0. The van der Waals surface area contributed by atoms with Gasteiger partial charge in [-0.3, -0.25) is 0 Å². The Morgan fingerprint density at radius 1 is 1.31 bits per heavy atom. The van der Waals surface area contributed by atoms with Gasteiger partial charge in [0.05, 0.1) is 25.7 Å². The van der Waals surface area contributed by atoms with Gasteiger partial charge in [-0.2, -0.15) is 13.2 Å². The lowest BCUT2D eigenvalue weighted by Gasteiger charge is -2.24. The molecule has 0 radical (unpaired) electrons. The molecule has 0 rings (SSSR count). The average Bonchev–Trinajstić information content (AvgIpc) is 2.09. The fraction of sp³-hybridized carbons (Fsp3) is 1.00. The Hall–Kier alpha value is -0.330. The van der Waals surface area contributed by atoms with Crippen LogP contribution in [0.4, 0.5) is 13.2 Å². The van der Waals surface area contributed by atoms with E-state index in [0.29, 0.717) is 12.3 Å². The van der Waals surface area contributed by atoms with Crippen molar-refractivity contribution in [2.45, 2.75) is 45.0 Å². The summed E-state index contributed by atoms with van der Waals surface area (Å²) in [5.74, 6) is 0.315. The van der Waals surface area contributed by atoms with Crippen LogP contribution in [0.15, 0.2) is 0 Å². The van der Waals surface area contributed by atoms with Gasteiger partial charge in [0, 0.05) is 6.04 Å². The maximum Gasteiger partial charge on any atom is 0.391 e. The van der Waals surface area contributed by atoms with Crippen LogP contribution in [0.25, 0.3) is 0 Å². The number of halogens is 3. The summed E-state index contributed by atoms with van der Waals surface area (Å²) in [6, 6.07) is -0.432. The Bertz CT molecular complexity index is 185. The monoisotopic (exact) mass is 243 g/mol. The summed E-state index contributed by atoms with van der Waals surface area (Å²) in [5.41, 5.74) is 5.71. The summed E-state index contributed by atoms with van der Waals surface area (Å²) in [5, 5.41) is 8.95. The van der Waals surface area contributed by atoms with E-state index in [1.165, 1.54) is 0 Å². The van der Waals surface area contributed by atoms with Gasteiger partial charge in [-0.25, -0.2) is 0 Å². The van der Waals surface area contributed by atoms with Gasteiger partial charge in [-0.05, 0) is 12.3 Å². The molecule has 0 spiro atoms. The maximum atomic E-state index is 11.8. The zero-order valence-electron chi connectivity index (χ0n) is 9.63. The number of nitrogens with two attached hydrogens (primary N) is 1. The zero-order chi connectivity index (χ0) is 12.8. The molecule has 0 bridgehead atoms. The quantitative estimate of drug-likeness (QED) is 0.715. The van der Waals surface area contributed by atoms with Gasteiger partial charge in [-0.15, -0.1) is 0 Å². The van der Waals surface area contributed by atoms with Crippen LogP contribution < -0.4 is 5.73 Å². The average molecular weight is 243 g/mol. The molecule has 0 heterocycles. The first-order valence-corrected chi connectivity index (χ1v) is 5.31. The summed E-state index contributed by atoms with van der Waals surface area (Å²) in [7, 11) is 0. The van der Waals surface area contributed by atoms with Crippen LogP contribution in [0, 0.1) is 5.92 Å². The van der Waals surface area contributed by atoms with Crippen LogP contribution >= 0.6 is 0 Å². The molecule has 3 nitrogen and oxygen atoms in total. The molecular formula is C10H20F3NO2. The van der Waals surface area contributed by atoms with Crippen molar-refractivity contribution >= 4 is 0 Å². The number of hydrogen-bond donors (Lipinski definition) is 2. The first-order chi connectivity index (χ1) is 7.26. The van der Waals surface area contributed by atoms with Gasteiger partial charge < -0.3 is 15.6 Å². The van der Waals surface area contributed by atoms with E-state index in [4.69, 9.17) is 15.6 Å². The smallest absolute Gasteiger partial charge is 0.391 e. The third-order valence-corrected chi connectivity index (χ3v) is 2.12. The van der Waals surface area contributed by atoms with E-state index in [1.54, 1.807) is 0 Å². The molecule has 0 aliphatic carbocycles. The van der Waals surface area contributed by atoms with Gasteiger partial charge >= 0.3 is 6.18 Å². The molecule has 2 unspecified atom stereocenters. The van der Waals surface area contributed by atoms with Crippen LogP contribution in [-0.4, -0.2) is 36.6 Å². The summed E-state index contributed by atoms with van der Waals surface area (Å²) in [6.07, 6.45) is -5.36. The first kappa shape index (κ1) is 15.7. The van der Waals surface area contributed by atoms with Crippen LogP contribution in [0.2, 0.25) is 0 Å². The topological polar surface area (TPSA) is 55.5 Å². The predicted octanol–water partition coefficient (Wildman–Crippen LogP) is 1.69. The lowest BCUT2D eigenvalue weighted by atomic mass is 10.0. The second-order valence-electron chi connectivity index (χ2n) is 4.25. The van der Waals surface area contributed by atoms with Crippen molar-refractivity contribution in [1.29, 1.82) is 0 Å². The lowest BCUT2D eigenvalue weighted by Crippen LogP contribution is -2.40. The predicted molar refractivity (Wildman–Crippen MR) is 54.9 cm³/mol. The van der Waals surface area contributed by atoms with Crippen molar-refractivity contribution in [3.63, 3.8) is 0 Å². The molecule has 0 fully saturated rings. The van der Waals surface area contributed by atoms with Gasteiger partial charge in [0.2, 0.25) is 0 Å². The minimum absolute atomic E-state index is 0.315. The van der Waals surface area contributed by atoms with Gasteiger partial charge in [-0.1, -0.05) is 13.8 Å². The largest absolute Gasteiger partial charge is 0.394 e. The Balaban J connectivity index is 3.91. The number of alkyl halides is 3. The fourth-order valence-electron chi connectivity index (χ4n) is 1.33. The molecule has 6 heteroatoms. The van der Waals surface area contributed by atoms with Crippen LogP contribution in [0.1, 0.15) is 26.7 Å². The normalized spacial score (nSPS) is 16.5. The molecule has 0 saturated heterocycles. The fourth-order valence-corrected chi connectivity index (χ4v) is 1.33. The SMILES string of the molecule is CC(C)CC(N)C(CO)OCCC(F)(F)F. The summed E-state index contributed by atoms with van der Waals surface area (Å²) in [4.78, 5) is 0. The zero-order valence-corrected chi connectivity index (χ0v) is 9.63. The first-order valence-electron chi connectivity index (χ1n) is 5.31. The lowest BCUT2D eigenvalue weighted by molar-refractivity contribution is -0.151. The number of aliphatic hydroxyl groups is 1. The number of rotatable bonds is 7. The number of aliphatic hydroxyl groups excluding tert-OH is 1. The minimum Gasteiger partial charge on any atom is -0.394 e. The highest BCUT2D eigenvalue weighted by Gasteiger charge is 2.28. The second-order valence-corrected chi connectivity index (χ2v) is 4.25. The molecule has 0 aliphatic rings. The van der Waals surface area contributed by atoms with E-state index in [9.17, 15) is 13.2 Å². The third-order valence-electron chi connectivity index (χ3n) is 2.12. The van der Waals surface area contributed by atoms with Gasteiger partial charge in [0.1, 0.15) is 0 Å². The van der Waals surface area contributed by atoms with Crippen LogP contribution in [0.3, 0.4) is 0 Å². The van der Waals surface area contributed by atoms with E-state index >= 15 is 0 Å². The Kier molecular flexibility index (Phi) is 6.94. The molecule has 16 heavy (non-hydrogen) atoms. The molecule has 98 valence electrons. The molecule has 2 atom stereocenters. The Morgan fingerprint density at radius 2 is 1.88 bits per heavy atom. The molecule has 0 aromatic heterocycles.